The Balaban J connectivity index is 1.38. The predicted molar refractivity (Wildman–Crippen MR) is 120 cm³/mol. The van der Waals surface area contributed by atoms with Crippen molar-refractivity contribution in [2.75, 3.05) is 10.6 Å². The number of ether oxygens (including phenoxy) is 1. The minimum Gasteiger partial charge on any atom is -0.453 e. The zero-order chi connectivity index (χ0) is 21.8. The quantitative estimate of drug-likeness (QED) is 0.406. The summed E-state index contributed by atoms with van der Waals surface area (Å²) < 4.78 is 5.28. The van der Waals surface area contributed by atoms with Gasteiger partial charge in [-0.05, 0) is 42.8 Å². The Morgan fingerprint density at radius 2 is 1.84 bits per heavy atom. The molecule has 0 radical (unpaired) electrons. The Hall–Kier alpha value is -3.98. The molecule has 2 heterocycles. The number of nitrogens with zero attached hydrogens (tertiary/aromatic N) is 1. The van der Waals surface area contributed by atoms with Crippen LogP contribution in [-0.4, -0.2) is 22.0 Å². The molecule has 4 aromatic rings. The number of rotatable bonds is 5. The molecule has 0 unspecified atom stereocenters. The molecule has 2 aromatic carbocycles. The molecule has 0 saturated heterocycles. The summed E-state index contributed by atoms with van der Waals surface area (Å²) >= 11 is 1.08. The van der Waals surface area contributed by atoms with Crippen LogP contribution in [0, 0.1) is 6.92 Å². The van der Waals surface area contributed by atoms with E-state index in [4.69, 9.17) is 4.74 Å². The van der Waals surface area contributed by atoms with Crippen LogP contribution in [0.3, 0.4) is 0 Å². The second-order valence-electron chi connectivity index (χ2n) is 6.67. The number of anilines is 2. The van der Waals surface area contributed by atoms with E-state index in [2.05, 4.69) is 20.6 Å². The van der Waals surface area contributed by atoms with Crippen molar-refractivity contribution < 1.29 is 14.3 Å². The van der Waals surface area contributed by atoms with Crippen LogP contribution in [-0.2, 0) is 11.3 Å². The number of carbonyl (C=O) groups is 2. The average molecular weight is 434 g/mol. The molecule has 0 bridgehead atoms. The van der Waals surface area contributed by atoms with Gasteiger partial charge < -0.3 is 15.0 Å². The van der Waals surface area contributed by atoms with Gasteiger partial charge in [-0.25, -0.2) is 14.6 Å². The number of thiophene rings is 1. The lowest BCUT2D eigenvalue weighted by Crippen LogP contribution is -2.18. The zero-order valence-corrected chi connectivity index (χ0v) is 17.3. The van der Waals surface area contributed by atoms with E-state index in [0.29, 0.717) is 26.5 Å². The Kier molecular flexibility index (Phi) is 5.76. The molecule has 0 aliphatic rings. The summed E-state index contributed by atoms with van der Waals surface area (Å²) in [5.74, 6) is -0.314. The van der Waals surface area contributed by atoms with Gasteiger partial charge in [0.25, 0.3) is 5.56 Å². The Labute approximate surface area is 180 Å². The molecule has 3 N–H and O–H groups in total. The van der Waals surface area contributed by atoms with Crippen molar-refractivity contribution >= 4 is 44.9 Å². The number of aromatic amines is 1. The van der Waals surface area contributed by atoms with Crippen molar-refractivity contribution in [3.8, 4) is 0 Å². The van der Waals surface area contributed by atoms with Gasteiger partial charge in [0.15, 0.2) is 0 Å². The molecule has 2 aromatic heterocycles. The largest absolute Gasteiger partial charge is 0.453 e. The average Bonchev–Trinajstić information content (AvgIpc) is 3.22. The molecule has 0 atom stereocenters. The number of aromatic nitrogens is 2. The molecule has 8 nitrogen and oxygen atoms in total. The van der Waals surface area contributed by atoms with Crippen molar-refractivity contribution in [2.24, 2.45) is 0 Å². The van der Waals surface area contributed by atoms with E-state index >= 15 is 0 Å². The highest BCUT2D eigenvalue weighted by Gasteiger charge is 2.14. The van der Waals surface area contributed by atoms with Crippen molar-refractivity contribution in [1.29, 1.82) is 0 Å². The summed E-state index contributed by atoms with van der Waals surface area (Å²) in [6.45, 7) is 1.69. The Morgan fingerprint density at radius 1 is 1.03 bits per heavy atom. The molecule has 9 heteroatoms. The third-order valence-electron chi connectivity index (χ3n) is 4.40. The second kappa shape index (κ2) is 8.80. The van der Waals surface area contributed by atoms with E-state index in [9.17, 15) is 14.4 Å². The van der Waals surface area contributed by atoms with Crippen LogP contribution in [0.2, 0.25) is 0 Å². The zero-order valence-electron chi connectivity index (χ0n) is 16.5. The van der Waals surface area contributed by atoms with Gasteiger partial charge in [-0.3, -0.25) is 10.1 Å². The normalized spacial score (nSPS) is 10.6. The highest BCUT2D eigenvalue weighted by molar-refractivity contribution is 7.18. The first kappa shape index (κ1) is 20.3. The number of para-hydroxylation sites is 2. The van der Waals surface area contributed by atoms with Crippen molar-refractivity contribution in [3.05, 3.63) is 87.3 Å². The van der Waals surface area contributed by atoms with Gasteiger partial charge in [-0.1, -0.05) is 30.3 Å². The van der Waals surface area contributed by atoms with E-state index in [0.717, 1.165) is 16.9 Å². The first-order valence-electron chi connectivity index (χ1n) is 9.38. The number of urea groups is 1. The molecule has 2 amide bonds. The number of amides is 2. The van der Waals surface area contributed by atoms with E-state index in [1.165, 1.54) is 0 Å². The molecule has 4 rings (SSSR count). The minimum atomic E-state index is -0.575. The van der Waals surface area contributed by atoms with E-state index in [1.807, 2.05) is 31.2 Å². The number of nitrogens with one attached hydrogen (secondary N) is 3. The topological polar surface area (TPSA) is 113 Å². The third-order valence-corrected chi connectivity index (χ3v) is 5.38. The summed E-state index contributed by atoms with van der Waals surface area (Å²) in [4.78, 5) is 44.0. The number of aryl methyl sites for hydroxylation is 1. The van der Waals surface area contributed by atoms with Crippen LogP contribution in [0.1, 0.15) is 21.1 Å². The number of H-pyrrole nitrogens is 1. The lowest BCUT2D eigenvalue weighted by molar-refractivity contribution is 0.0468. The van der Waals surface area contributed by atoms with E-state index in [-0.39, 0.29) is 18.0 Å². The van der Waals surface area contributed by atoms with Crippen LogP contribution in [0.5, 0.6) is 0 Å². The summed E-state index contributed by atoms with van der Waals surface area (Å²) in [6, 6.07) is 17.1. The van der Waals surface area contributed by atoms with Crippen LogP contribution in [0.4, 0.5) is 15.5 Å². The number of carbonyl (C=O) groups excluding carboxylic acids is 2. The van der Waals surface area contributed by atoms with E-state index < -0.39 is 12.0 Å². The molecule has 0 aliphatic heterocycles. The molecular weight excluding hydrogens is 416 g/mol. The summed E-state index contributed by atoms with van der Waals surface area (Å²) in [5, 5.41) is 6.35. The number of benzene rings is 2. The Bertz CT molecular complexity index is 1310. The van der Waals surface area contributed by atoms with Crippen LogP contribution < -0.4 is 16.2 Å². The van der Waals surface area contributed by atoms with Crippen LogP contribution in [0.15, 0.2) is 65.5 Å². The highest BCUT2D eigenvalue weighted by atomic mass is 32.1. The monoisotopic (exact) mass is 434 g/mol. The Morgan fingerprint density at radius 3 is 2.65 bits per heavy atom. The van der Waals surface area contributed by atoms with Gasteiger partial charge in [-0.2, -0.15) is 0 Å². The lowest BCUT2D eigenvalue weighted by atomic mass is 10.1. The van der Waals surface area contributed by atoms with Gasteiger partial charge in [0.1, 0.15) is 17.3 Å². The number of hydrogen-bond donors (Lipinski definition) is 3. The standard InChI is InChI=1S/C22H18N4O4S/c1-13-6-5-9-15-19(13)24-17(25-20(15)27)12-30-21(28)16-10-11-18(31-16)26-22(29)23-14-7-3-2-4-8-14/h2-11H,12H2,1H3,(H2,23,26,29)(H,24,25,27). The fourth-order valence-electron chi connectivity index (χ4n) is 2.94. The van der Waals surface area contributed by atoms with E-state index in [1.54, 1.807) is 36.4 Å². The maximum Gasteiger partial charge on any atom is 0.348 e. The summed E-state index contributed by atoms with van der Waals surface area (Å²) in [6.07, 6.45) is 0. The SMILES string of the molecule is Cc1cccc2c(=O)[nH]c(COC(=O)c3ccc(NC(=O)Nc4ccccc4)s3)nc12. The fraction of sp³-hybridized carbons (Fsp3) is 0.0909. The molecule has 0 spiro atoms. The highest BCUT2D eigenvalue weighted by Crippen LogP contribution is 2.23. The van der Waals surface area contributed by atoms with Gasteiger partial charge in [0.2, 0.25) is 0 Å². The first-order valence-corrected chi connectivity index (χ1v) is 10.2. The first-order chi connectivity index (χ1) is 15.0. The molecule has 156 valence electrons. The van der Waals surface area contributed by atoms with Gasteiger partial charge in [0, 0.05) is 5.69 Å². The number of esters is 1. The molecule has 0 aliphatic carbocycles. The van der Waals surface area contributed by atoms with Gasteiger partial charge in [-0.15, -0.1) is 11.3 Å². The van der Waals surface area contributed by atoms with Crippen molar-refractivity contribution in [1.82, 2.24) is 9.97 Å². The number of fused-ring (bicyclic) bond motifs is 1. The molecule has 0 saturated carbocycles. The smallest absolute Gasteiger partial charge is 0.348 e. The summed E-state index contributed by atoms with van der Waals surface area (Å²) in [7, 11) is 0. The third kappa shape index (κ3) is 4.78. The van der Waals surface area contributed by atoms with Crippen molar-refractivity contribution in [3.63, 3.8) is 0 Å². The summed E-state index contributed by atoms with van der Waals surface area (Å²) in [5.41, 5.74) is 1.80. The molecule has 0 fully saturated rings. The van der Waals surface area contributed by atoms with Gasteiger partial charge >= 0.3 is 12.0 Å². The lowest BCUT2D eigenvalue weighted by Gasteiger charge is -2.06. The maximum atomic E-state index is 12.4. The number of hydrogen-bond acceptors (Lipinski definition) is 6. The van der Waals surface area contributed by atoms with Crippen LogP contribution >= 0.6 is 11.3 Å². The molecule has 31 heavy (non-hydrogen) atoms. The molecular formula is C22H18N4O4S. The maximum absolute atomic E-state index is 12.4. The fourth-order valence-corrected chi connectivity index (χ4v) is 3.73. The van der Waals surface area contributed by atoms with Crippen LogP contribution in [0.25, 0.3) is 10.9 Å². The second-order valence-corrected chi connectivity index (χ2v) is 7.75. The van der Waals surface area contributed by atoms with Crippen molar-refractivity contribution in [2.45, 2.75) is 13.5 Å². The van der Waals surface area contributed by atoms with Gasteiger partial charge in [0.05, 0.1) is 15.9 Å². The predicted octanol–water partition coefficient (Wildman–Crippen LogP) is 4.29. The minimum absolute atomic E-state index is 0.173.